The molecule has 1 aliphatic rings. The van der Waals surface area contributed by atoms with Gasteiger partial charge in [0.1, 0.15) is 0 Å². The van der Waals surface area contributed by atoms with Gasteiger partial charge >= 0.3 is 0 Å². The van der Waals surface area contributed by atoms with Gasteiger partial charge in [0, 0.05) is 18.0 Å². The van der Waals surface area contributed by atoms with E-state index < -0.39 is 30.3 Å². The molecule has 2 aromatic heterocycles. The van der Waals surface area contributed by atoms with Crippen LogP contribution in [-0.2, 0) is 0 Å². The van der Waals surface area contributed by atoms with Crippen LogP contribution < -0.4 is 5.32 Å². The number of carbonyl (C=O) groups is 1. The van der Waals surface area contributed by atoms with E-state index in [-0.39, 0.29) is 24.5 Å². The number of benzene rings is 1. The van der Waals surface area contributed by atoms with E-state index in [0.717, 1.165) is 0 Å². The number of halogens is 4. The van der Waals surface area contributed by atoms with Crippen LogP contribution in [0.15, 0.2) is 43.0 Å². The molecule has 4 rings (SSSR count). The molecule has 0 spiro atoms. The Morgan fingerprint density at radius 1 is 1.19 bits per heavy atom. The van der Waals surface area contributed by atoms with E-state index in [1.54, 1.807) is 19.1 Å². The van der Waals surface area contributed by atoms with Crippen molar-refractivity contribution in [3.63, 3.8) is 0 Å². The summed E-state index contributed by atoms with van der Waals surface area (Å²) in [5, 5.41) is 11.8. The molecule has 1 aromatic carbocycles. The largest absolute Gasteiger partial charge is 0.352 e. The Morgan fingerprint density at radius 3 is 2.56 bits per heavy atom. The van der Waals surface area contributed by atoms with Gasteiger partial charge in [-0.05, 0) is 24.1 Å². The molecule has 2 atom stereocenters. The second-order valence-electron chi connectivity index (χ2n) is 7.62. The summed E-state index contributed by atoms with van der Waals surface area (Å²) in [4.78, 5) is 24.1. The van der Waals surface area contributed by atoms with Gasteiger partial charge in [0.25, 0.3) is 11.8 Å². The lowest BCUT2D eigenvalue weighted by Gasteiger charge is -2.43. The van der Waals surface area contributed by atoms with Crippen molar-refractivity contribution >= 4 is 35.1 Å². The van der Waals surface area contributed by atoms with Crippen LogP contribution in [0, 0.1) is 5.92 Å². The van der Waals surface area contributed by atoms with Gasteiger partial charge in [-0.25, -0.2) is 18.7 Å². The molecular weight excluding hydrogens is 463 g/mol. The van der Waals surface area contributed by atoms with Crippen LogP contribution in [0.25, 0.3) is 5.69 Å². The van der Waals surface area contributed by atoms with Crippen molar-refractivity contribution in [2.75, 3.05) is 18.4 Å². The number of carbonyl (C=O) groups excluding carboxylic acids is 1. The minimum atomic E-state index is -3.02. The fourth-order valence-electron chi connectivity index (χ4n) is 3.83. The molecule has 1 N–H and O–H groups in total. The van der Waals surface area contributed by atoms with E-state index in [0.29, 0.717) is 15.7 Å². The van der Waals surface area contributed by atoms with Crippen LogP contribution in [0.1, 0.15) is 23.7 Å². The number of nitrogens with zero attached hydrogens (tertiary/aromatic N) is 6. The number of hydrogen-bond acceptors (Lipinski definition) is 6. The SMILES string of the molecule is C[C@@H]1CC(F)(F)CN(C(=O)c2cc(Cl)ccc2-n2nccn2)C1CNc1ncc(Cl)cn1. The predicted molar refractivity (Wildman–Crippen MR) is 115 cm³/mol. The molecule has 3 aromatic rings. The summed E-state index contributed by atoms with van der Waals surface area (Å²) in [6.45, 7) is 1.15. The fraction of sp³-hybridized carbons (Fsp3) is 0.350. The average Bonchev–Trinajstić information content (AvgIpc) is 3.27. The van der Waals surface area contributed by atoms with Crippen molar-refractivity contribution in [3.8, 4) is 5.69 Å². The predicted octanol–water partition coefficient (Wildman–Crippen LogP) is 3.96. The monoisotopic (exact) mass is 481 g/mol. The standard InChI is InChI=1S/C20H19Cl2F2N7O/c1-12-7-20(23,24)11-30(17(12)10-27-19-25-8-14(22)9-26-19)18(32)15-6-13(21)2-3-16(15)31-28-4-5-29-31/h2-6,8-9,12,17H,7,10-11H2,1H3,(H,25,26,27)/t12-,17?/m1/s1. The molecule has 1 unspecified atom stereocenters. The summed E-state index contributed by atoms with van der Waals surface area (Å²) in [6.07, 6.45) is 5.42. The van der Waals surface area contributed by atoms with Gasteiger partial charge in [-0.3, -0.25) is 4.79 Å². The highest BCUT2D eigenvalue weighted by Crippen LogP contribution is 2.36. The molecule has 1 saturated heterocycles. The Morgan fingerprint density at radius 2 is 1.88 bits per heavy atom. The first kappa shape index (κ1) is 22.3. The zero-order chi connectivity index (χ0) is 22.9. The number of piperidine rings is 1. The molecule has 0 saturated carbocycles. The zero-order valence-electron chi connectivity index (χ0n) is 16.9. The number of alkyl halides is 2. The van der Waals surface area contributed by atoms with Gasteiger partial charge in [-0.15, -0.1) is 0 Å². The molecule has 0 bridgehead atoms. The first-order valence-electron chi connectivity index (χ1n) is 9.80. The Hall–Kier alpha value is -2.85. The summed E-state index contributed by atoms with van der Waals surface area (Å²) in [5.41, 5.74) is 0.477. The first-order valence-corrected chi connectivity index (χ1v) is 10.6. The lowest BCUT2D eigenvalue weighted by molar-refractivity contribution is -0.0897. The maximum absolute atomic E-state index is 14.5. The quantitative estimate of drug-likeness (QED) is 0.593. The normalized spacial score (nSPS) is 20.2. The maximum atomic E-state index is 14.5. The Bertz CT molecular complexity index is 1100. The molecule has 12 heteroatoms. The second-order valence-corrected chi connectivity index (χ2v) is 8.50. The summed E-state index contributed by atoms with van der Waals surface area (Å²) in [5.74, 6) is -3.82. The highest BCUT2D eigenvalue weighted by molar-refractivity contribution is 6.31. The van der Waals surface area contributed by atoms with Gasteiger partial charge in [-0.2, -0.15) is 15.0 Å². The molecule has 1 fully saturated rings. The third-order valence-electron chi connectivity index (χ3n) is 5.25. The van der Waals surface area contributed by atoms with Gasteiger partial charge in [0.05, 0.1) is 53.6 Å². The molecule has 32 heavy (non-hydrogen) atoms. The summed E-state index contributed by atoms with van der Waals surface area (Å²) in [7, 11) is 0. The molecule has 1 aliphatic heterocycles. The van der Waals surface area contributed by atoms with Crippen molar-refractivity contribution in [3.05, 3.63) is 58.6 Å². The first-order chi connectivity index (χ1) is 15.2. The zero-order valence-corrected chi connectivity index (χ0v) is 18.4. The number of nitrogens with one attached hydrogen (secondary N) is 1. The number of hydrogen-bond donors (Lipinski definition) is 1. The highest BCUT2D eigenvalue weighted by atomic mass is 35.5. The number of amides is 1. The third kappa shape index (κ3) is 4.81. The fourth-order valence-corrected chi connectivity index (χ4v) is 4.10. The van der Waals surface area contributed by atoms with Gasteiger partial charge < -0.3 is 10.2 Å². The Labute approximate surface area is 192 Å². The third-order valence-corrected chi connectivity index (χ3v) is 5.68. The van der Waals surface area contributed by atoms with Gasteiger partial charge in [-0.1, -0.05) is 30.1 Å². The molecule has 0 radical (unpaired) electrons. The topological polar surface area (TPSA) is 88.8 Å². The summed E-state index contributed by atoms with van der Waals surface area (Å²) >= 11 is 11.9. The maximum Gasteiger partial charge on any atom is 0.265 e. The Kier molecular flexibility index (Phi) is 6.25. The minimum absolute atomic E-state index is 0.131. The van der Waals surface area contributed by atoms with E-state index in [1.807, 2.05) is 0 Å². The lowest BCUT2D eigenvalue weighted by atomic mass is 9.87. The minimum Gasteiger partial charge on any atom is -0.352 e. The van der Waals surface area contributed by atoms with E-state index in [2.05, 4.69) is 25.5 Å². The smallest absolute Gasteiger partial charge is 0.265 e. The van der Waals surface area contributed by atoms with Crippen LogP contribution >= 0.6 is 23.2 Å². The molecule has 168 valence electrons. The molecule has 0 aliphatic carbocycles. The van der Waals surface area contributed by atoms with Crippen LogP contribution in [0.5, 0.6) is 0 Å². The van der Waals surface area contributed by atoms with Crippen LogP contribution in [-0.4, -0.2) is 60.8 Å². The lowest BCUT2D eigenvalue weighted by Crippen LogP contribution is -2.57. The van der Waals surface area contributed by atoms with Crippen molar-refractivity contribution in [2.24, 2.45) is 5.92 Å². The number of anilines is 1. The van der Waals surface area contributed by atoms with Crippen molar-refractivity contribution in [1.82, 2.24) is 29.9 Å². The Balaban J connectivity index is 1.65. The second kappa shape index (κ2) is 8.95. The van der Waals surface area contributed by atoms with Crippen molar-refractivity contribution in [1.29, 1.82) is 0 Å². The summed E-state index contributed by atoms with van der Waals surface area (Å²) in [6, 6.07) is 4.06. The van der Waals surface area contributed by atoms with Crippen molar-refractivity contribution < 1.29 is 13.6 Å². The van der Waals surface area contributed by atoms with E-state index in [9.17, 15) is 13.6 Å². The van der Waals surface area contributed by atoms with Crippen LogP contribution in [0.3, 0.4) is 0 Å². The molecule has 1 amide bonds. The van der Waals surface area contributed by atoms with Gasteiger partial charge in [0.15, 0.2) is 0 Å². The number of rotatable bonds is 5. The number of likely N-dealkylation sites (tertiary alicyclic amines) is 1. The molecular formula is C20H19Cl2F2N7O. The molecule has 8 nitrogen and oxygen atoms in total. The van der Waals surface area contributed by atoms with E-state index in [4.69, 9.17) is 23.2 Å². The average molecular weight is 482 g/mol. The van der Waals surface area contributed by atoms with E-state index in [1.165, 1.54) is 40.6 Å². The van der Waals surface area contributed by atoms with Gasteiger partial charge in [0.2, 0.25) is 5.95 Å². The highest BCUT2D eigenvalue weighted by Gasteiger charge is 2.46. The van der Waals surface area contributed by atoms with Crippen LogP contribution in [0.2, 0.25) is 10.0 Å². The number of aromatic nitrogens is 5. The van der Waals surface area contributed by atoms with Crippen molar-refractivity contribution in [2.45, 2.75) is 25.3 Å². The van der Waals surface area contributed by atoms with E-state index >= 15 is 0 Å². The summed E-state index contributed by atoms with van der Waals surface area (Å²) < 4.78 is 29.0. The van der Waals surface area contributed by atoms with Crippen LogP contribution in [0.4, 0.5) is 14.7 Å². The molecule has 3 heterocycles.